The van der Waals surface area contributed by atoms with E-state index in [-0.39, 0.29) is 17.6 Å². The van der Waals surface area contributed by atoms with E-state index in [0.717, 1.165) is 0 Å². The first-order valence-corrected chi connectivity index (χ1v) is 5.57. The van der Waals surface area contributed by atoms with Crippen LogP contribution in [0.5, 0.6) is 0 Å². The van der Waals surface area contributed by atoms with Crippen LogP contribution >= 0.6 is 0 Å². The highest BCUT2D eigenvalue weighted by Crippen LogP contribution is 2.16. The predicted molar refractivity (Wildman–Crippen MR) is 71.9 cm³/mol. The van der Waals surface area contributed by atoms with E-state index in [2.05, 4.69) is 17.2 Å². The molecule has 19 heavy (non-hydrogen) atoms. The fourth-order valence-corrected chi connectivity index (χ4v) is 1.47. The van der Waals surface area contributed by atoms with Gasteiger partial charge in [-0.2, -0.15) is 0 Å². The molecule has 0 fully saturated rings. The molecule has 2 rings (SSSR count). The third kappa shape index (κ3) is 3.32. The molecule has 0 unspecified atom stereocenters. The van der Waals surface area contributed by atoms with Crippen molar-refractivity contribution in [1.29, 1.82) is 0 Å². The summed E-state index contributed by atoms with van der Waals surface area (Å²) >= 11 is 0. The van der Waals surface area contributed by atoms with Crippen molar-refractivity contribution in [2.24, 2.45) is 0 Å². The molecule has 0 radical (unpaired) electrons. The van der Waals surface area contributed by atoms with Gasteiger partial charge in [-0.1, -0.05) is 12.6 Å². The number of rotatable bonds is 4. The van der Waals surface area contributed by atoms with Gasteiger partial charge in [-0.15, -0.1) is 0 Å². The van der Waals surface area contributed by atoms with Crippen LogP contribution in [0.15, 0.2) is 59.7 Å². The molecule has 0 aliphatic heterocycles. The van der Waals surface area contributed by atoms with Crippen LogP contribution < -0.4 is 10.6 Å². The minimum absolute atomic E-state index is 0.223. The molecule has 96 valence electrons. The van der Waals surface area contributed by atoms with E-state index in [1.807, 2.05) is 0 Å². The van der Waals surface area contributed by atoms with E-state index in [1.165, 1.54) is 12.3 Å². The summed E-state index contributed by atoms with van der Waals surface area (Å²) in [6.45, 7) is 3.37. The molecule has 0 saturated carbocycles. The largest absolute Gasteiger partial charge is 0.459 e. The zero-order valence-corrected chi connectivity index (χ0v) is 10.1. The van der Waals surface area contributed by atoms with Gasteiger partial charge in [-0.05, 0) is 36.4 Å². The lowest BCUT2D eigenvalue weighted by molar-refractivity contribution is -0.111. The molecule has 2 N–H and O–H groups in total. The monoisotopic (exact) mass is 256 g/mol. The third-order valence-corrected chi connectivity index (χ3v) is 2.32. The van der Waals surface area contributed by atoms with E-state index >= 15 is 0 Å². The van der Waals surface area contributed by atoms with Crippen molar-refractivity contribution in [3.63, 3.8) is 0 Å². The lowest BCUT2D eigenvalue weighted by Gasteiger charge is -2.06. The fourth-order valence-electron chi connectivity index (χ4n) is 1.47. The highest BCUT2D eigenvalue weighted by molar-refractivity contribution is 6.03. The minimum atomic E-state index is -0.350. The summed E-state index contributed by atoms with van der Waals surface area (Å²) in [6, 6.07) is 9.99. The smallest absolute Gasteiger partial charge is 0.291 e. The Morgan fingerprint density at radius 1 is 1.11 bits per heavy atom. The Bertz CT molecular complexity index is 603. The molecular formula is C14H12N2O3. The Morgan fingerprint density at radius 3 is 2.47 bits per heavy atom. The zero-order valence-electron chi connectivity index (χ0n) is 10.1. The highest BCUT2D eigenvalue weighted by atomic mass is 16.3. The summed E-state index contributed by atoms with van der Waals surface area (Å²) in [5.74, 6) is -0.438. The quantitative estimate of drug-likeness (QED) is 0.826. The van der Waals surface area contributed by atoms with Crippen LogP contribution in [0.1, 0.15) is 10.6 Å². The van der Waals surface area contributed by atoms with Crippen molar-refractivity contribution < 1.29 is 14.0 Å². The highest BCUT2D eigenvalue weighted by Gasteiger charge is 2.08. The van der Waals surface area contributed by atoms with Crippen molar-refractivity contribution in [3.8, 4) is 0 Å². The number of hydrogen-bond acceptors (Lipinski definition) is 3. The van der Waals surface area contributed by atoms with Crippen LogP contribution in [0.4, 0.5) is 11.4 Å². The van der Waals surface area contributed by atoms with Crippen LogP contribution in [-0.2, 0) is 4.79 Å². The molecule has 0 bridgehead atoms. The summed E-state index contributed by atoms with van der Waals surface area (Å²) in [5, 5.41) is 5.27. The van der Waals surface area contributed by atoms with Gasteiger partial charge in [-0.3, -0.25) is 9.59 Å². The first kappa shape index (κ1) is 12.6. The third-order valence-electron chi connectivity index (χ3n) is 2.32. The lowest BCUT2D eigenvalue weighted by atomic mass is 10.2. The molecule has 5 nitrogen and oxygen atoms in total. The van der Waals surface area contributed by atoms with Gasteiger partial charge in [0.15, 0.2) is 5.76 Å². The summed E-state index contributed by atoms with van der Waals surface area (Å²) in [7, 11) is 0. The summed E-state index contributed by atoms with van der Waals surface area (Å²) in [4.78, 5) is 22.9. The second kappa shape index (κ2) is 5.68. The number of hydrogen-bond donors (Lipinski definition) is 2. The normalized spacial score (nSPS) is 9.68. The number of amides is 2. The molecular weight excluding hydrogens is 244 g/mol. The minimum Gasteiger partial charge on any atom is -0.459 e. The van der Waals surface area contributed by atoms with Crippen LogP contribution in [0.25, 0.3) is 0 Å². The topological polar surface area (TPSA) is 71.3 Å². The van der Waals surface area contributed by atoms with Gasteiger partial charge in [0, 0.05) is 11.4 Å². The Hall–Kier alpha value is -2.82. The molecule has 5 heteroatoms. The van der Waals surface area contributed by atoms with Crippen molar-refractivity contribution in [3.05, 3.63) is 61.1 Å². The molecule has 0 spiro atoms. The summed E-state index contributed by atoms with van der Waals surface area (Å²) in [6.07, 6.45) is 2.60. The van der Waals surface area contributed by atoms with Gasteiger partial charge >= 0.3 is 0 Å². The average Bonchev–Trinajstić information content (AvgIpc) is 2.93. The van der Waals surface area contributed by atoms with Gasteiger partial charge in [0.2, 0.25) is 5.91 Å². The summed E-state index contributed by atoms with van der Waals surface area (Å²) in [5.41, 5.74) is 1.13. The zero-order chi connectivity index (χ0) is 13.7. The molecule has 1 aromatic carbocycles. The fraction of sp³-hybridized carbons (Fsp3) is 0. The number of nitrogens with one attached hydrogen (secondary N) is 2. The Labute approximate surface area is 109 Å². The number of carbonyl (C=O) groups excluding carboxylic acids is 2. The Kier molecular flexibility index (Phi) is 3.78. The lowest BCUT2D eigenvalue weighted by Crippen LogP contribution is -2.12. The second-order valence-corrected chi connectivity index (χ2v) is 3.71. The molecule has 1 heterocycles. The maximum absolute atomic E-state index is 11.8. The molecule has 1 aromatic heterocycles. The number of benzene rings is 1. The molecule has 0 aliphatic carbocycles. The van der Waals surface area contributed by atoms with E-state index in [1.54, 1.807) is 36.4 Å². The first-order chi connectivity index (χ1) is 9.19. The van der Waals surface area contributed by atoms with E-state index in [0.29, 0.717) is 11.4 Å². The van der Waals surface area contributed by atoms with Crippen LogP contribution in [-0.4, -0.2) is 11.8 Å². The predicted octanol–water partition coefficient (Wildman–Crippen LogP) is 2.66. The Balaban J connectivity index is 2.09. The van der Waals surface area contributed by atoms with Gasteiger partial charge in [0.25, 0.3) is 5.91 Å². The van der Waals surface area contributed by atoms with Crippen LogP contribution in [0, 0.1) is 0 Å². The molecule has 0 atom stereocenters. The van der Waals surface area contributed by atoms with Crippen LogP contribution in [0.3, 0.4) is 0 Å². The van der Waals surface area contributed by atoms with E-state index in [4.69, 9.17) is 4.42 Å². The van der Waals surface area contributed by atoms with Gasteiger partial charge < -0.3 is 15.1 Å². The van der Waals surface area contributed by atoms with Gasteiger partial charge in [0.1, 0.15) is 0 Å². The van der Waals surface area contributed by atoms with Crippen LogP contribution in [0.2, 0.25) is 0 Å². The van der Waals surface area contributed by atoms with Crippen molar-refractivity contribution in [2.75, 3.05) is 10.6 Å². The molecule has 0 aliphatic rings. The van der Waals surface area contributed by atoms with Crippen molar-refractivity contribution >= 4 is 23.2 Å². The number of furan rings is 1. The maximum Gasteiger partial charge on any atom is 0.291 e. The molecule has 2 amide bonds. The maximum atomic E-state index is 11.8. The van der Waals surface area contributed by atoms with Gasteiger partial charge in [0.05, 0.1) is 6.26 Å². The van der Waals surface area contributed by atoms with Crippen molar-refractivity contribution in [1.82, 2.24) is 0 Å². The number of anilines is 2. The second-order valence-electron chi connectivity index (χ2n) is 3.71. The Morgan fingerprint density at radius 2 is 1.84 bits per heavy atom. The van der Waals surface area contributed by atoms with E-state index in [9.17, 15) is 9.59 Å². The average molecular weight is 256 g/mol. The summed E-state index contributed by atoms with van der Waals surface area (Å²) < 4.78 is 4.98. The standard InChI is InChI=1S/C14H12N2O3/c1-2-13(17)15-10-5-3-6-11(9-10)16-14(18)12-7-4-8-19-12/h2-9H,1H2,(H,15,17)(H,16,18). The number of carbonyl (C=O) groups is 2. The molecule has 0 saturated heterocycles. The van der Waals surface area contributed by atoms with Gasteiger partial charge in [-0.25, -0.2) is 0 Å². The molecule has 2 aromatic rings. The first-order valence-electron chi connectivity index (χ1n) is 5.57. The van der Waals surface area contributed by atoms with Crippen molar-refractivity contribution in [2.45, 2.75) is 0 Å². The van der Waals surface area contributed by atoms with E-state index < -0.39 is 0 Å². The SMILES string of the molecule is C=CC(=O)Nc1cccc(NC(=O)c2ccco2)c1.